The Kier molecular flexibility index (Phi) is 3.39. The first-order valence-electron chi connectivity index (χ1n) is 7.28. The van der Waals surface area contributed by atoms with E-state index in [0.29, 0.717) is 5.88 Å². The SMILES string of the molecule is COC(=O)C(C)(C)C1c2ccccc2Oc2nc(C)ccc21. The van der Waals surface area contributed by atoms with Crippen LogP contribution in [0.2, 0.25) is 0 Å². The molecule has 1 aliphatic heterocycles. The number of aromatic nitrogens is 1. The molecule has 0 aliphatic carbocycles. The van der Waals surface area contributed by atoms with E-state index in [1.807, 2.05) is 57.2 Å². The molecule has 114 valence electrons. The van der Waals surface area contributed by atoms with Gasteiger partial charge in [-0.25, -0.2) is 4.98 Å². The zero-order chi connectivity index (χ0) is 15.9. The number of aryl methyl sites for hydroxylation is 1. The minimum atomic E-state index is -0.722. The monoisotopic (exact) mass is 297 g/mol. The lowest BCUT2D eigenvalue weighted by Crippen LogP contribution is -2.35. The van der Waals surface area contributed by atoms with Crippen molar-refractivity contribution in [2.75, 3.05) is 7.11 Å². The molecule has 1 unspecified atom stereocenters. The highest BCUT2D eigenvalue weighted by molar-refractivity contribution is 5.79. The van der Waals surface area contributed by atoms with Gasteiger partial charge in [-0.05, 0) is 32.9 Å². The van der Waals surface area contributed by atoms with Crippen molar-refractivity contribution in [3.63, 3.8) is 0 Å². The summed E-state index contributed by atoms with van der Waals surface area (Å²) in [5, 5.41) is 0. The summed E-state index contributed by atoms with van der Waals surface area (Å²) < 4.78 is 11.0. The molecule has 2 aromatic rings. The maximum absolute atomic E-state index is 12.3. The van der Waals surface area contributed by atoms with Crippen LogP contribution in [0.15, 0.2) is 36.4 Å². The average molecular weight is 297 g/mol. The minimum Gasteiger partial charge on any atom is -0.469 e. The second kappa shape index (κ2) is 5.13. The smallest absolute Gasteiger partial charge is 0.312 e. The lowest BCUT2D eigenvalue weighted by atomic mass is 9.70. The Labute approximate surface area is 130 Å². The minimum absolute atomic E-state index is 0.159. The molecule has 0 N–H and O–H groups in total. The number of methoxy groups -OCH3 is 1. The molecular weight excluding hydrogens is 278 g/mol. The van der Waals surface area contributed by atoms with Crippen molar-refractivity contribution >= 4 is 5.97 Å². The number of nitrogens with zero attached hydrogens (tertiary/aromatic N) is 1. The molecule has 0 fully saturated rings. The lowest BCUT2D eigenvalue weighted by Gasteiger charge is -2.36. The zero-order valence-corrected chi connectivity index (χ0v) is 13.2. The summed E-state index contributed by atoms with van der Waals surface area (Å²) in [5.41, 5.74) is 2.06. The number of hydrogen-bond acceptors (Lipinski definition) is 4. The van der Waals surface area contributed by atoms with Gasteiger partial charge in [0.05, 0.1) is 12.5 Å². The summed E-state index contributed by atoms with van der Waals surface area (Å²) in [6, 6.07) is 11.7. The number of carbonyl (C=O) groups excluding carboxylic acids is 1. The maximum Gasteiger partial charge on any atom is 0.312 e. The third-order valence-electron chi connectivity index (χ3n) is 4.21. The van der Waals surface area contributed by atoms with Crippen molar-refractivity contribution in [2.45, 2.75) is 26.7 Å². The first-order valence-corrected chi connectivity index (χ1v) is 7.28. The number of pyridine rings is 1. The van der Waals surface area contributed by atoms with Crippen molar-refractivity contribution in [3.8, 4) is 11.6 Å². The molecule has 1 aliphatic rings. The number of ether oxygens (including phenoxy) is 2. The highest BCUT2D eigenvalue weighted by atomic mass is 16.5. The molecule has 0 spiro atoms. The third kappa shape index (κ3) is 2.15. The number of rotatable bonds is 2. The van der Waals surface area contributed by atoms with Gasteiger partial charge < -0.3 is 9.47 Å². The van der Waals surface area contributed by atoms with E-state index < -0.39 is 5.41 Å². The van der Waals surface area contributed by atoms with Crippen molar-refractivity contribution in [1.82, 2.24) is 4.98 Å². The van der Waals surface area contributed by atoms with Crippen molar-refractivity contribution in [1.29, 1.82) is 0 Å². The zero-order valence-electron chi connectivity index (χ0n) is 13.2. The number of para-hydroxylation sites is 1. The molecule has 22 heavy (non-hydrogen) atoms. The van der Waals surface area contributed by atoms with Crippen molar-refractivity contribution in [3.05, 3.63) is 53.2 Å². The highest BCUT2D eigenvalue weighted by Gasteiger charge is 2.44. The molecule has 3 rings (SSSR count). The van der Waals surface area contributed by atoms with Crippen LogP contribution < -0.4 is 4.74 Å². The predicted octanol–water partition coefficient (Wildman–Crippen LogP) is 3.83. The van der Waals surface area contributed by atoms with Crippen LogP contribution in [0.25, 0.3) is 0 Å². The number of fused-ring (bicyclic) bond motifs is 2. The molecule has 1 atom stereocenters. The van der Waals surface area contributed by atoms with Crippen LogP contribution in [-0.2, 0) is 9.53 Å². The Morgan fingerprint density at radius 1 is 1.18 bits per heavy atom. The van der Waals surface area contributed by atoms with Gasteiger partial charge in [-0.15, -0.1) is 0 Å². The molecule has 1 aromatic carbocycles. The summed E-state index contributed by atoms with van der Waals surface area (Å²) >= 11 is 0. The first-order chi connectivity index (χ1) is 10.4. The van der Waals surface area contributed by atoms with Gasteiger partial charge in [-0.1, -0.05) is 24.3 Å². The van der Waals surface area contributed by atoms with Crippen molar-refractivity contribution < 1.29 is 14.3 Å². The van der Waals surface area contributed by atoms with E-state index in [9.17, 15) is 4.79 Å². The third-order valence-corrected chi connectivity index (χ3v) is 4.21. The Balaban J connectivity index is 2.23. The van der Waals surface area contributed by atoms with E-state index in [2.05, 4.69) is 4.98 Å². The molecule has 0 saturated heterocycles. The Hall–Kier alpha value is -2.36. The Bertz CT molecular complexity index is 737. The van der Waals surface area contributed by atoms with Crippen LogP contribution in [0.5, 0.6) is 11.6 Å². The van der Waals surface area contributed by atoms with E-state index in [1.165, 1.54) is 7.11 Å². The molecule has 4 heteroatoms. The van der Waals surface area contributed by atoms with Crippen LogP contribution in [0.3, 0.4) is 0 Å². The molecule has 1 aromatic heterocycles. The Morgan fingerprint density at radius 2 is 1.91 bits per heavy atom. The summed E-state index contributed by atoms with van der Waals surface area (Å²) in [5.74, 6) is 0.907. The fourth-order valence-corrected chi connectivity index (χ4v) is 3.09. The van der Waals surface area contributed by atoms with Crippen LogP contribution >= 0.6 is 0 Å². The van der Waals surface area contributed by atoms with E-state index in [0.717, 1.165) is 22.6 Å². The average Bonchev–Trinajstić information content (AvgIpc) is 2.51. The normalized spacial score (nSPS) is 16.3. The number of benzene rings is 1. The largest absolute Gasteiger partial charge is 0.469 e. The maximum atomic E-state index is 12.3. The van der Waals surface area contributed by atoms with Gasteiger partial charge in [0, 0.05) is 22.7 Å². The standard InChI is InChI=1S/C18H19NO3/c1-11-9-10-13-15(18(2,3)17(20)21-4)12-7-5-6-8-14(12)22-16(13)19-11/h5-10,15H,1-4H3. The Morgan fingerprint density at radius 3 is 2.64 bits per heavy atom. The lowest BCUT2D eigenvalue weighted by molar-refractivity contribution is -0.151. The molecule has 0 radical (unpaired) electrons. The topological polar surface area (TPSA) is 48.4 Å². The van der Waals surface area contributed by atoms with Crippen LogP contribution in [0.4, 0.5) is 0 Å². The molecular formula is C18H19NO3. The van der Waals surface area contributed by atoms with Gasteiger partial charge in [0.15, 0.2) is 0 Å². The molecule has 2 heterocycles. The van der Waals surface area contributed by atoms with Crippen LogP contribution in [0, 0.1) is 12.3 Å². The quantitative estimate of drug-likeness (QED) is 0.790. The summed E-state index contributed by atoms with van der Waals surface area (Å²) in [4.78, 5) is 16.8. The molecule has 0 amide bonds. The number of hydrogen-bond donors (Lipinski definition) is 0. The summed E-state index contributed by atoms with van der Waals surface area (Å²) in [6.07, 6.45) is 0. The van der Waals surface area contributed by atoms with Gasteiger partial charge >= 0.3 is 5.97 Å². The molecule has 0 saturated carbocycles. The first kappa shape index (κ1) is 14.6. The van der Waals surface area contributed by atoms with E-state index in [4.69, 9.17) is 9.47 Å². The highest BCUT2D eigenvalue weighted by Crippen LogP contribution is 2.51. The second-order valence-electron chi connectivity index (χ2n) is 6.13. The number of carbonyl (C=O) groups is 1. The molecule has 4 nitrogen and oxygen atoms in total. The van der Waals surface area contributed by atoms with Gasteiger partial charge in [-0.2, -0.15) is 0 Å². The van der Waals surface area contributed by atoms with Gasteiger partial charge in [0.25, 0.3) is 0 Å². The van der Waals surface area contributed by atoms with Crippen molar-refractivity contribution in [2.24, 2.45) is 5.41 Å². The van der Waals surface area contributed by atoms with Crippen LogP contribution in [-0.4, -0.2) is 18.1 Å². The molecule has 0 bridgehead atoms. The van der Waals surface area contributed by atoms with Gasteiger partial charge in [-0.3, -0.25) is 4.79 Å². The fourth-order valence-electron chi connectivity index (χ4n) is 3.09. The fraction of sp³-hybridized carbons (Fsp3) is 0.333. The summed E-state index contributed by atoms with van der Waals surface area (Å²) in [7, 11) is 1.42. The van der Waals surface area contributed by atoms with E-state index in [1.54, 1.807) is 0 Å². The van der Waals surface area contributed by atoms with Gasteiger partial charge in [0.1, 0.15) is 5.75 Å². The second-order valence-corrected chi connectivity index (χ2v) is 6.13. The van der Waals surface area contributed by atoms with Crippen LogP contribution in [0.1, 0.15) is 36.6 Å². The predicted molar refractivity (Wildman–Crippen MR) is 83.1 cm³/mol. The van der Waals surface area contributed by atoms with E-state index in [-0.39, 0.29) is 11.9 Å². The number of esters is 1. The van der Waals surface area contributed by atoms with E-state index >= 15 is 0 Å². The summed E-state index contributed by atoms with van der Waals surface area (Å²) in [6.45, 7) is 5.72. The van der Waals surface area contributed by atoms with Gasteiger partial charge in [0.2, 0.25) is 5.88 Å².